The molecule has 0 unspecified atom stereocenters. The van der Waals surface area contributed by atoms with Crippen LogP contribution in [0, 0.1) is 0 Å². The Kier molecular flexibility index (Phi) is 3.47. The molecule has 6 nitrogen and oxygen atoms in total. The first-order chi connectivity index (χ1) is 8.61. The number of carbonyl (C=O) groups is 1. The highest BCUT2D eigenvalue weighted by Gasteiger charge is 2.15. The molecule has 0 bridgehead atoms. The summed E-state index contributed by atoms with van der Waals surface area (Å²) in [7, 11) is 0. The molecule has 1 heterocycles. The number of esters is 1. The van der Waals surface area contributed by atoms with E-state index in [4.69, 9.17) is 22.1 Å². The molecule has 0 aliphatic rings. The van der Waals surface area contributed by atoms with Crippen LogP contribution >= 0.6 is 11.6 Å². The number of benzene rings is 1. The van der Waals surface area contributed by atoms with Crippen molar-refractivity contribution in [3.63, 3.8) is 0 Å². The summed E-state index contributed by atoms with van der Waals surface area (Å²) in [5, 5.41) is 6.95. The van der Waals surface area contributed by atoms with Gasteiger partial charge in [-0.05, 0) is 25.1 Å². The van der Waals surface area contributed by atoms with Gasteiger partial charge in [0.25, 0.3) is 0 Å². The zero-order valence-electron chi connectivity index (χ0n) is 9.61. The lowest BCUT2D eigenvalue weighted by molar-refractivity contribution is 0.0512. The zero-order valence-corrected chi connectivity index (χ0v) is 10.4. The Hall–Kier alpha value is -2.08. The van der Waals surface area contributed by atoms with E-state index in [1.54, 1.807) is 25.1 Å². The van der Waals surface area contributed by atoms with E-state index in [-0.39, 0.29) is 12.4 Å². The van der Waals surface area contributed by atoms with Crippen molar-refractivity contribution in [2.75, 3.05) is 12.3 Å². The maximum atomic E-state index is 11.4. The van der Waals surface area contributed by atoms with Gasteiger partial charge in [0.1, 0.15) is 0 Å². The van der Waals surface area contributed by atoms with Crippen LogP contribution in [0.3, 0.4) is 0 Å². The van der Waals surface area contributed by atoms with Crippen LogP contribution in [-0.4, -0.2) is 27.8 Å². The quantitative estimate of drug-likeness (QED) is 0.653. The number of rotatable bonds is 3. The van der Waals surface area contributed by atoms with Gasteiger partial charge in [0.2, 0.25) is 5.82 Å². The summed E-state index contributed by atoms with van der Waals surface area (Å²) in [5.74, 6) is -0.183. The number of carbonyl (C=O) groups excluding carboxylic acids is 1. The molecule has 0 fully saturated rings. The van der Waals surface area contributed by atoms with Crippen molar-refractivity contribution in [2.24, 2.45) is 0 Å². The summed E-state index contributed by atoms with van der Waals surface area (Å²) in [6.45, 7) is 1.99. The number of aromatic nitrogens is 3. The first-order valence-electron chi connectivity index (χ1n) is 5.26. The number of nitrogens with one attached hydrogen (secondary N) is 1. The van der Waals surface area contributed by atoms with Gasteiger partial charge in [0.15, 0.2) is 5.82 Å². The van der Waals surface area contributed by atoms with Crippen LogP contribution in [0.5, 0.6) is 0 Å². The predicted octanol–water partition coefficient (Wildman–Crippen LogP) is 1.88. The molecule has 2 rings (SSSR count). The number of nitrogens with two attached hydrogens (primary N) is 1. The van der Waals surface area contributed by atoms with E-state index >= 15 is 0 Å². The van der Waals surface area contributed by atoms with Crippen LogP contribution in [-0.2, 0) is 4.74 Å². The van der Waals surface area contributed by atoms with Crippen molar-refractivity contribution >= 4 is 23.3 Å². The van der Waals surface area contributed by atoms with Gasteiger partial charge in [0.05, 0.1) is 6.61 Å². The standard InChI is InChI=1S/C11H11ClN4O2/c1-2-18-11(17)10-14-9(15-16-10)7-4-3-6(12)5-8(7)13/h3-5H,2,13H2,1H3,(H,14,15,16). The topological polar surface area (TPSA) is 93.9 Å². The molecule has 0 saturated carbocycles. The molecule has 3 N–H and O–H groups in total. The van der Waals surface area contributed by atoms with E-state index in [1.165, 1.54) is 0 Å². The molecule has 7 heteroatoms. The largest absolute Gasteiger partial charge is 0.460 e. The number of aromatic amines is 1. The van der Waals surface area contributed by atoms with Gasteiger partial charge in [-0.15, -0.1) is 0 Å². The normalized spacial score (nSPS) is 10.3. The van der Waals surface area contributed by atoms with Crippen LogP contribution in [0.15, 0.2) is 18.2 Å². The molecular formula is C11H11ClN4O2. The second-order valence-corrected chi connectivity index (χ2v) is 3.90. The number of anilines is 1. The number of hydrogen-bond acceptors (Lipinski definition) is 5. The molecule has 94 valence electrons. The van der Waals surface area contributed by atoms with E-state index in [1.807, 2.05) is 0 Å². The lowest BCUT2D eigenvalue weighted by Crippen LogP contribution is -2.06. The maximum absolute atomic E-state index is 11.4. The van der Waals surface area contributed by atoms with Crippen molar-refractivity contribution < 1.29 is 9.53 Å². The number of H-pyrrole nitrogens is 1. The van der Waals surface area contributed by atoms with Crippen molar-refractivity contribution in [3.05, 3.63) is 29.0 Å². The van der Waals surface area contributed by atoms with Gasteiger partial charge in [-0.25, -0.2) is 9.78 Å². The highest BCUT2D eigenvalue weighted by molar-refractivity contribution is 6.31. The third-order valence-corrected chi connectivity index (χ3v) is 2.44. The van der Waals surface area contributed by atoms with E-state index in [9.17, 15) is 4.79 Å². The lowest BCUT2D eigenvalue weighted by atomic mass is 10.2. The average molecular weight is 267 g/mol. The Bertz CT molecular complexity index is 582. The van der Waals surface area contributed by atoms with Gasteiger partial charge in [-0.3, -0.25) is 5.10 Å². The fourth-order valence-corrected chi connectivity index (χ4v) is 1.59. The molecule has 0 atom stereocenters. The van der Waals surface area contributed by atoms with Crippen LogP contribution in [0.2, 0.25) is 5.02 Å². The van der Waals surface area contributed by atoms with Gasteiger partial charge in [0, 0.05) is 16.3 Å². The number of halogens is 1. The Morgan fingerprint density at radius 1 is 1.56 bits per heavy atom. The minimum atomic E-state index is -0.552. The minimum Gasteiger partial charge on any atom is -0.460 e. The fourth-order valence-electron chi connectivity index (χ4n) is 1.41. The first-order valence-corrected chi connectivity index (χ1v) is 5.64. The lowest BCUT2D eigenvalue weighted by Gasteiger charge is -2.00. The molecular weight excluding hydrogens is 256 g/mol. The highest BCUT2D eigenvalue weighted by Crippen LogP contribution is 2.25. The number of nitrogens with zero attached hydrogens (tertiary/aromatic N) is 2. The summed E-state index contributed by atoms with van der Waals surface area (Å²) in [4.78, 5) is 15.4. The number of hydrogen-bond donors (Lipinski definition) is 2. The summed E-state index contributed by atoms with van der Waals surface area (Å²) in [5.41, 5.74) is 6.85. The third kappa shape index (κ3) is 2.43. The van der Waals surface area contributed by atoms with Crippen LogP contribution in [0.1, 0.15) is 17.5 Å². The first kappa shape index (κ1) is 12.4. The van der Waals surface area contributed by atoms with Crippen molar-refractivity contribution in [3.8, 4) is 11.4 Å². The maximum Gasteiger partial charge on any atom is 0.375 e. The second kappa shape index (κ2) is 5.05. The predicted molar refractivity (Wildman–Crippen MR) is 67.2 cm³/mol. The van der Waals surface area contributed by atoms with Crippen molar-refractivity contribution in [2.45, 2.75) is 6.92 Å². The van der Waals surface area contributed by atoms with Crippen molar-refractivity contribution in [1.29, 1.82) is 0 Å². The molecule has 0 radical (unpaired) electrons. The summed E-state index contributed by atoms with van der Waals surface area (Å²) >= 11 is 5.80. The molecule has 1 aromatic heterocycles. The fraction of sp³-hybridized carbons (Fsp3) is 0.182. The molecule has 0 aliphatic heterocycles. The SMILES string of the molecule is CCOC(=O)c1nc(-c2ccc(Cl)cc2N)n[nH]1. The Labute approximate surface area is 108 Å². The monoisotopic (exact) mass is 266 g/mol. The zero-order chi connectivity index (χ0) is 13.1. The molecule has 0 aliphatic carbocycles. The molecule has 1 aromatic carbocycles. The third-order valence-electron chi connectivity index (χ3n) is 2.21. The van der Waals surface area contributed by atoms with Crippen LogP contribution in [0.4, 0.5) is 5.69 Å². The molecule has 18 heavy (non-hydrogen) atoms. The summed E-state index contributed by atoms with van der Waals surface area (Å²) in [6.07, 6.45) is 0. The molecule has 0 amide bonds. The van der Waals surface area contributed by atoms with Gasteiger partial charge in [-0.2, -0.15) is 5.10 Å². The Balaban J connectivity index is 2.32. The number of nitrogen functional groups attached to an aromatic ring is 1. The molecule has 2 aromatic rings. The molecule has 0 spiro atoms. The summed E-state index contributed by atoms with van der Waals surface area (Å²) < 4.78 is 4.80. The minimum absolute atomic E-state index is 0.0428. The highest BCUT2D eigenvalue weighted by atomic mass is 35.5. The van der Waals surface area contributed by atoms with E-state index in [0.717, 1.165) is 0 Å². The summed E-state index contributed by atoms with van der Waals surface area (Å²) in [6, 6.07) is 4.96. The average Bonchev–Trinajstić information content (AvgIpc) is 2.78. The molecule has 0 saturated heterocycles. The van der Waals surface area contributed by atoms with Crippen molar-refractivity contribution in [1.82, 2.24) is 15.2 Å². The smallest absolute Gasteiger partial charge is 0.375 e. The van der Waals surface area contributed by atoms with Crippen LogP contribution < -0.4 is 5.73 Å². The van der Waals surface area contributed by atoms with E-state index in [0.29, 0.717) is 22.1 Å². The second-order valence-electron chi connectivity index (χ2n) is 3.46. The Morgan fingerprint density at radius 2 is 2.33 bits per heavy atom. The van der Waals surface area contributed by atoms with Gasteiger partial charge < -0.3 is 10.5 Å². The van der Waals surface area contributed by atoms with Gasteiger partial charge in [-0.1, -0.05) is 11.6 Å². The van der Waals surface area contributed by atoms with Gasteiger partial charge >= 0.3 is 5.97 Å². The van der Waals surface area contributed by atoms with E-state index in [2.05, 4.69) is 15.2 Å². The van der Waals surface area contributed by atoms with Crippen LogP contribution in [0.25, 0.3) is 11.4 Å². The Morgan fingerprint density at radius 3 is 3.00 bits per heavy atom. The number of ether oxygens (including phenoxy) is 1. The van der Waals surface area contributed by atoms with E-state index < -0.39 is 5.97 Å².